The van der Waals surface area contributed by atoms with Gasteiger partial charge in [-0.25, -0.2) is 18.1 Å². The van der Waals surface area contributed by atoms with Crippen LogP contribution in [0.2, 0.25) is 0 Å². The Bertz CT molecular complexity index is 508. The summed E-state index contributed by atoms with van der Waals surface area (Å²) in [4.78, 5) is 4.06. The fraction of sp³-hybridized carbons (Fsp3) is 0.727. The van der Waals surface area contributed by atoms with Crippen molar-refractivity contribution in [3.8, 4) is 0 Å². The van der Waals surface area contributed by atoms with Crippen LogP contribution in [0.5, 0.6) is 0 Å². The van der Waals surface area contributed by atoms with Gasteiger partial charge in [-0.2, -0.15) is 0 Å². The molecule has 0 atom stereocenters. The Morgan fingerprint density at radius 2 is 2.11 bits per heavy atom. The molecule has 0 radical (unpaired) electrons. The van der Waals surface area contributed by atoms with Crippen LogP contribution in [-0.4, -0.2) is 30.4 Å². The van der Waals surface area contributed by atoms with E-state index in [9.17, 15) is 8.42 Å². The molecule has 0 saturated carbocycles. The Kier molecular flexibility index (Phi) is 4.80. The Morgan fingerprint density at radius 3 is 2.56 bits per heavy atom. The van der Waals surface area contributed by atoms with E-state index in [1.165, 1.54) is 0 Å². The molecule has 1 N–H and O–H groups in total. The second-order valence-corrected chi connectivity index (χ2v) is 7.02. The number of aromatic nitrogens is 2. The third-order valence-electron chi connectivity index (χ3n) is 2.67. The molecule has 104 valence electrons. The van der Waals surface area contributed by atoms with E-state index in [1.54, 1.807) is 17.7 Å². The van der Waals surface area contributed by atoms with Gasteiger partial charge in [-0.1, -0.05) is 13.8 Å². The van der Waals surface area contributed by atoms with Crippen LogP contribution in [0.25, 0.3) is 0 Å². The van der Waals surface area contributed by atoms with Gasteiger partial charge in [0.05, 0.1) is 0 Å². The van der Waals surface area contributed by atoms with Crippen molar-refractivity contribution in [2.45, 2.75) is 39.3 Å². The normalized spacial score (nSPS) is 12.9. The minimum Gasteiger partial charge on any atom is -0.334 e. The predicted molar refractivity (Wildman–Crippen MR) is 72.3 cm³/mol. The summed E-state index contributed by atoms with van der Waals surface area (Å²) in [5, 5.41) is 0.0622. The number of hydrogen-bond donors (Lipinski definition) is 1. The van der Waals surface area contributed by atoms with Crippen LogP contribution in [0.3, 0.4) is 0 Å². The number of rotatable bonds is 6. The fourth-order valence-corrected chi connectivity index (χ4v) is 2.68. The zero-order chi connectivity index (χ0) is 14.0. The topological polar surface area (TPSA) is 64.0 Å². The van der Waals surface area contributed by atoms with Gasteiger partial charge in [0.15, 0.2) is 5.03 Å². The van der Waals surface area contributed by atoms with Gasteiger partial charge in [0, 0.05) is 25.2 Å². The number of sulfonamides is 1. The molecule has 1 heterocycles. The number of hydrogen-bond acceptors (Lipinski definition) is 3. The molecule has 0 aliphatic rings. The van der Waals surface area contributed by atoms with Gasteiger partial charge in [0.1, 0.15) is 5.82 Å². The third-order valence-corrected chi connectivity index (χ3v) is 4.67. The number of nitrogens with zero attached hydrogens (tertiary/aromatic N) is 2. The maximum Gasteiger partial charge on any atom is 0.259 e. The summed E-state index contributed by atoms with van der Waals surface area (Å²) in [5.74, 6) is 1.08. The second-order valence-electron chi connectivity index (χ2n) is 5.03. The zero-order valence-electron chi connectivity index (χ0n) is 11.2. The van der Waals surface area contributed by atoms with Crippen LogP contribution in [0, 0.1) is 12.3 Å². The van der Waals surface area contributed by atoms with Crippen LogP contribution in [0.4, 0.5) is 0 Å². The molecule has 0 aliphatic carbocycles. The lowest BCUT2D eigenvalue weighted by molar-refractivity contribution is 0.413. The van der Waals surface area contributed by atoms with Crippen molar-refractivity contribution in [2.75, 3.05) is 12.4 Å². The number of alkyl halides is 1. The van der Waals surface area contributed by atoms with Gasteiger partial charge in [-0.15, -0.1) is 11.6 Å². The van der Waals surface area contributed by atoms with E-state index in [-0.39, 0.29) is 17.0 Å². The molecule has 0 spiro atoms. The molecule has 1 rings (SSSR count). The van der Waals surface area contributed by atoms with Gasteiger partial charge in [-0.05, 0) is 19.3 Å². The highest BCUT2D eigenvalue weighted by Crippen LogP contribution is 2.17. The Morgan fingerprint density at radius 1 is 1.50 bits per heavy atom. The number of aryl methyl sites for hydroxylation is 2. The van der Waals surface area contributed by atoms with Crippen molar-refractivity contribution < 1.29 is 8.42 Å². The predicted octanol–water partition coefficient (Wildman–Crippen LogP) is 1.75. The molecule has 0 unspecified atom stereocenters. The van der Waals surface area contributed by atoms with Gasteiger partial charge < -0.3 is 4.57 Å². The minimum atomic E-state index is -3.56. The van der Waals surface area contributed by atoms with Crippen molar-refractivity contribution in [3.05, 3.63) is 12.0 Å². The molecule has 18 heavy (non-hydrogen) atoms. The molecule has 0 saturated heterocycles. The molecule has 5 nitrogen and oxygen atoms in total. The standard InChI is InChI=1S/C11H20ClN3O2S/c1-5-15-6-10(14-9(15)2)18(16,17)13-8-11(3,4)7-12/h6,13H,5,7-8H2,1-4H3. The van der Waals surface area contributed by atoms with E-state index < -0.39 is 10.0 Å². The highest BCUT2D eigenvalue weighted by Gasteiger charge is 2.23. The molecular weight excluding hydrogens is 274 g/mol. The van der Waals surface area contributed by atoms with Crippen LogP contribution >= 0.6 is 11.6 Å². The van der Waals surface area contributed by atoms with Crippen LogP contribution in [-0.2, 0) is 16.6 Å². The first-order chi connectivity index (χ1) is 8.22. The lowest BCUT2D eigenvalue weighted by Gasteiger charge is -2.21. The van der Waals surface area contributed by atoms with E-state index in [2.05, 4.69) is 9.71 Å². The first-order valence-electron chi connectivity index (χ1n) is 5.81. The quantitative estimate of drug-likeness (QED) is 0.813. The Labute approximate surface area is 114 Å². The molecule has 0 amide bonds. The summed E-state index contributed by atoms with van der Waals surface area (Å²) in [5.41, 5.74) is -0.281. The first-order valence-corrected chi connectivity index (χ1v) is 7.83. The highest BCUT2D eigenvalue weighted by atomic mass is 35.5. The highest BCUT2D eigenvalue weighted by molar-refractivity contribution is 7.89. The molecular formula is C11H20ClN3O2S. The molecule has 0 fully saturated rings. The molecule has 0 aromatic carbocycles. The first kappa shape index (κ1) is 15.5. The summed E-state index contributed by atoms with van der Waals surface area (Å²) < 4.78 is 28.4. The average Bonchev–Trinajstić information content (AvgIpc) is 2.69. The number of imidazole rings is 1. The smallest absolute Gasteiger partial charge is 0.259 e. The maximum atomic E-state index is 12.0. The average molecular weight is 294 g/mol. The van der Waals surface area contributed by atoms with Gasteiger partial charge in [0.25, 0.3) is 10.0 Å². The van der Waals surface area contributed by atoms with Crippen molar-refractivity contribution >= 4 is 21.6 Å². The maximum absolute atomic E-state index is 12.0. The molecule has 7 heteroatoms. The third kappa shape index (κ3) is 3.70. The summed E-state index contributed by atoms with van der Waals surface area (Å²) >= 11 is 5.77. The summed E-state index contributed by atoms with van der Waals surface area (Å²) in [6.45, 7) is 8.51. The van der Waals surface area contributed by atoms with Crippen molar-refractivity contribution in [2.24, 2.45) is 5.41 Å². The van der Waals surface area contributed by atoms with Crippen LogP contribution in [0.1, 0.15) is 26.6 Å². The Hall–Kier alpha value is -0.590. The number of halogens is 1. The van der Waals surface area contributed by atoms with Crippen molar-refractivity contribution in [1.82, 2.24) is 14.3 Å². The molecule has 0 bridgehead atoms. The van der Waals surface area contributed by atoms with E-state index in [0.29, 0.717) is 18.2 Å². The SMILES string of the molecule is CCn1cc(S(=O)(=O)NCC(C)(C)CCl)nc1C. The van der Waals surface area contributed by atoms with E-state index >= 15 is 0 Å². The van der Waals surface area contributed by atoms with Gasteiger partial charge in [-0.3, -0.25) is 0 Å². The molecule has 1 aromatic rings. The zero-order valence-corrected chi connectivity index (χ0v) is 12.8. The molecule has 1 aromatic heterocycles. The van der Waals surface area contributed by atoms with Gasteiger partial charge >= 0.3 is 0 Å². The van der Waals surface area contributed by atoms with E-state index in [4.69, 9.17) is 11.6 Å². The summed E-state index contributed by atoms with van der Waals surface area (Å²) in [6, 6.07) is 0. The van der Waals surface area contributed by atoms with Crippen LogP contribution < -0.4 is 4.72 Å². The molecule has 0 aliphatic heterocycles. The summed E-state index contributed by atoms with van der Waals surface area (Å²) in [6.07, 6.45) is 1.55. The largest absolute Gasteiger partial charge is 0.334 e. The summed E-state index contributed by atoms with van der Waals surface area (Å²) in [7, 11) is -3.56. The lowest BCUT2D eigenvalue weighted by Crippen LogP contribution is -2.35. The van der Waals surface area contributed by atoms with Crippen molar-refractivity contribution in [1.29, 1.82) is 0 Å². The monoisotopic (exact) mass is 293 g/mol. The minimum absolute atomic E-state index is 0.0622. The van der Waals surface area contributed by atoms with E-state index in [1.807, 2.05) is 20.8 Å². The lowest BCUT2D eigenvalue weighted by atomic mass is 9.97. The van der Waals surface area contributed by atoms with Crippen LogP contribution in [0.15, 0.2) is 11.2 Å². The van der Waals surface area contributed by atoms with Crippen molar-refractivity contribution in [3.63, 3.8) is 0 Å². The fourth-order valence-electron chi connectivity index (χ4n) is 1.34. The second kappa shape index (κ2) is 5.59. The van der Waals surface area contributed by atoms with E-state index in [0.717, 1.165) is 0 Å². The van der Waals surface area contributed by atoms with Gasteiger partial charge in [0.2, 0.25) is 0 Å². The Balaban J connectivity index is 2.86. The number of nitrogens with one attached hydrogen (secondary N) is 1.